The Bertz CT molecular complexity index is 588. The van der Waals surface area contributed by atoms with Gasteiger partial charge in [0.1, 0.15) is 0 Å². The fourth-order valence-corrected chi connectivity index (χ4v) is 3.41. The maximum absolute atomic E-state index is 11.4. The average molecular weight is 258 g/mol. The highest BCUT2D eigenvalue weighted by Crippen LogP contribution is 2.46. The summed E-state index contributed by atoms with van der Waals surface area (Å²) in [5.41, 5.74) is 1.91. The Labute approximate surface area is 110 Å². The third kappa shape index (κ3) is 1.75. The van der Waals surface area contributed by atoms with Gasteiger partial charge in [-0.15, -0.1) is 0 Å². The number of aliphatic carboxylic acids is 1. The second-order valence-corrected chi connectivity index (χ2v) is 5.18. The van der Waals surface area contributed by atoms with Gasteiger partial charge in [0.2, 0.25) is 0 Å². The van der Waals surface area contributed by atoms with Crippen molar-refractivity contribution in [3.05, 3.63) is 47.0 Å². The van der Waals surface area contributed by atoms with Crippen molar-refractivity contribution in [1.29, 1.82) is 0 Å². The van der Waals surface area contributed by atoms with Gasteiger partial charge >= 0.3 is 11.9 Å². The van der Waals surface area contributed by atoms with Gasteiger partial charge in [0.25, 0.3) is 0 Å². The number of aromatic carboxylic acids is 1. The molecule has 0 aliphatic heterocycles. The third-order valence-electron chi connectivity index (χ3n) is 4.27. The van der Waals surface area contributed by atoms with Crippen LogP contribution in [0.15, 0.2) is 30.4 Å². The van der Waals surface area contributed by atoms with E-state index < -0.39 is 17.9 Å². The van der Waals surface area contributed by atoms with Crippen LogP contribution in [-0.2, 0) is 11.2 Å². The Hall–Kier alpha value is -2.10. The molecule has 3 rings (SSSR count). The van der Waals surface area contributed by atoms with Crippen LogP contribution in [0.25, 0.3) is 0 Å². The van der Waals surface area contributed by atoms with Crippen molar-refractivity contribution in [3.63, 3.8) is 0 Å². The zero-order chi connectivity index (χ0) is 13.6. The summed E-state index contributed by atoms with van der Waals surface area (Å²) in [6.45, 7) is 0. The number of carboxylic acid groups (broad SMARTS) is 2. The lowest BCUT2D eigenvalue weighted by Crippen LogP contribution is -2.33. The minimum Gasteiger partial charge on any atom is -0.481 e. The molecule has 19 heavy (non-hydrogen) atoms. The van der Waals surface area contributed by atoms with Crippen LogP contribution in [0.1, 0.15) is 33.8 Å². The maximum atomic E-state index is 11.4. The zero-order valence-corrected chi connectivity index (χ0v) is 10.2. The molecule has 0 bridgehead atoms. The molecule has 0 saturated carbocycles. The van der Waals surface area contributed by atoms with Crippen LogP contribution in [0, 0.1) is 11.8 Å². The van der Waals surface area contributed by atoms with Crippen molar-refractivity contribution in [3.8, 4) is 0 Å². The molecule has 2 N–H and O–H groups in total. The minimum absolute atomic E-state index is 0.0455. The first kappa shape index (κ1) is 12.0. The van der Waals surface area contributed by atoms with E-state index >= 15 is 0 Å². The fourth-order valence-electron chi connectivity index (χ4n) is 3.41. The van der Waals surface area contributed by atoms with E-state index in [-0.39, 0.29) is 17.4 Å². The second-order valence-electron chi connectivity index (χ2n) is 5.18. The molecule has 0 spiro atoms. The summed E-state index contributed by atoms with van der Waals surface area (Å²) >= 11 is 0. The molecule has 0 fully saturated rings. The molecular weight excluding hydrogens is 244 g/mol. The minimum atomic E-state index is -0.985. The molecule has 2 aliphatic rings. The van der Waals surface area contributed by atoms with Crippen molar-refractivity contribution < 1.29 is 19.8 Å². The maximum Gasteiger partial charge on any atom is 0.335 e. The highest BCUT2D eigenvalue weighted by Gasteiger charge is 2.41. The molecule has 98 valence electrons. The molecule has 0 aromatic heterocycles. The van der Waals surface area contributed by atoms with E-state index in [4.69, 9.17) is 0 Å². The Morgan fingerprint density at radius 2 is 2.00 bits per heavy atom. The molecule has 3 unspecified atom stereocenters. The van der Waals surface area contributed by atoms with E-state index in [2.05, 4.69) is 0 Å². The molecule has 1 aromatic rings. The molecular formula is C15H14O4. The Morgan fingerprint density at radius 1 is 1.21 bits per heavy atom. The van der Waals surface area contributed by atoms with E-state index in [1.54, 1.807) is 12.1 Å². The molecule has 0 amide bonds. The molecule has 4 heteroatoms. The highest BCUT2D eigenvalue weighted by atomic mass is 16.4. The van der Waals surface area contributed by atoms with Crippen LogP contribution >= 0.6 is 0 Å². The summed E-state index contributed by atoms with van der Waals surface area (Å²) in [6, 6.07) is 5.22. The van der Waals surface area contributed by atoms with E-state index in [0.717, 1.165) is 12.0 Å². The number of carbonyl (C=O) groups is 2. The Morgan fingerprint density at radius 3 is 2.68 bits per heavy atom. The van der Waals surface area contributed by atoms with Crippen LogP contribution in [0.5, 0.6) is 0 Å². The number of fused-ring (bicyclic) bond motifs is 3. The van der Waals surface area contributed by atoms with Crippen LogP contribution < -0.4 is 0 Å². The van der Waals surface area contributed by atoms with E-state index in [0.29, 0.717) is 12.0 Å². The second kappa shape index (κ2) is 4.23. The zero-order valence-electron chi connectivity index (χ0n) is 10.2. The number of hydrogen-bond donors (Lipinski definition) is 2. The SMILES string of the molecule is O=C(O)c1cccc2c1CC(C(=O)O)C1CC=CC21. The van der Waals surface area contributed by atoms with Crippen LogP contribution in [0.4, 0.5) is 0 Å². The van der Waals surface area contributed by atoms with E-state index in [1.165, 1.54) is 0 Å². The monoisotopic (exact) mass is 258 g/mol. The summed E-state index contributed by atoms with van der Waals surface area (Å²) in [6.07, 6.45) is 5.10. The third-order valence-corrected chi connectivity index (χ3v) is 4.27. The highest BCUT2D eigenvalue weighted by molar-refractivity contribution is 5.90. The first-order valence-electron chi connectivity index (χ1n) is 6.34. The van der Waals surface area contributed by atoms with Gasteiger partial charge in [-0.3, -0.25) is 4.79 Å². The van der Waals surface area contributed by atoms with Crippen molar-refractivity contribution in [1.82, 2.24) is 0 Å². The molecule has 4 nitrogen and oxygen atoms in total. The first-order valence-corrected chi connectivity index (χ1v) is 6.34. The molecule has 0 saturated heterocycles. The topological polar surface area (TPSA) is 74.6 Å². The lowest BCUT2D eigenvalue weighted by molar-refractivity contribution is -0.144. The summed E-state index contributed by atoms with van der Waals surface area (Å²) in [5.74, 6) is -2.20. The predicted octanol–water partition coefficient (Wildman–Crippen LogP) is 2.30. The number of allylic oxidation sites excluding steroid dienone is 2. The smallest absolute Gasteiger partial charge is 0.335 e. The van der Waals surface area contributed by atoms with Gasteiger partial charge in [-0.1, -0.05) is 24.3 Å². The lowest BCUT2D eigenvalue weighted by atomic mass is 9.69. The van der Waals surface area contributed by atoms with Gasteiger partial charge in [-0.05, 0) is 36.0 Å². The van der Waals surface area contributed by atoms with Crippen molar-refractivity contribution in [2.45, 2.75) is 18.8 Å². The van der Waals surface area contributed by atoms with Crippen molar-refractivity contribution in [2.24, 2.45) is 11.8 Å². The van der Waals surface area contributed by atoms with Gasteiger partial charge in [0.15, 0.2) is 0 Å². The van der Waals surface area contributed by atoms with Crippen molar-refractivity contribution >= 4 is 11.9 Å². The summed E-state index contributed by atoms with van der Waals surface area (Å²) in [4.78, 5) is 22.7. The van der Waals surface area contributed by atoms with Crippen molar-refractivity contribution in [2.75, 3.05) is 0 Å². The van der Waals surface area contributed by atoms with Crippen LogP contribution in [-0.4, -0.2) is 22.2 Å². The van der Waals surface area contributed by atoms with Crippen LogP contribution in [0.3, 0.4) is 0 Å². The standard InChI is InChI=1S/C15H14O4/c16-14(17)11-6-2-4-9-8-3-1-5-10(8)13(15(18)19)7-12(9)11/h1-4,6,8,10,13H,5,7H2,(H,16,17)(H,18,19). The molecule has 2 aliphatic carbocycles. The molecule has 0 radical (unpaired) electrons. The number of benzene rings is 1. The number of carboxylic acids is 2. The van der Waals surface area contributed by atoms with Gasteiger partial charge in [0, 0.05) is 5.92 Å². The quantitative estimate of drug-likeness (QED) is 0.798. The predicted molar refractivity (Wildman–Crippen MR) is 68.2 cm³/mol. The molecule has 1 aromatic carbocycles. The van der Waals surface area contributed by atoms with E-state index in [1.807, 2.05) is 18.2 Å². The normalized spacial score (nSPS) is 27.7. The van der Waals surface area contributed by atoms with Crippen LogP contribution in [0.2, 0.25) is 0 Å². The Balaban J connectivity index is 2.15. The Kier molecular flexibility index (Phi) is 2.66. The average Bonchev–Trinajstić information content (AvgIpc) is 2.85. The number of hydrogen-bond acceptors (Lipinski definition) is 2. The summed E-state index contributed by atoms with van der Waals surface area (Å²) in [5, 5.41) is 18.6. The first-order chi connectivity index (χ1) is 9.09. The summed E-state index contributed by atoms with van der Waals surface area (Å²) < 4.78 is 0. The molecule has 0 heterocycles. The number of rotatable bonds is 2. The fraction of sp³-hybridized carbons (Fsp3) is 0.333. The van der Waals surface area contributed by atoms with Gasteiger partial charge in [-0.25, -0.2) is 4.79 Å². The van der Waals surface area contributed by atoms with Gasteiger partial charge < -0.3 is 10.2 Å². The van der Waals surface area contributed by atoms with Gasteiger partial charge in [0.05, 0.1) is 11.5 Å². The van der Waals surface area contributed by atoms with E-state index in [9.17, 15) is 19.8 Å². The largest absolute Gasteiger partial charge is 0.481 e. The van der Waals surface area contributed by atoms with Gasteiger partial charge in [-0.2, -0.15) is 0 Å². The summed E-state index contributed by atoms with van der Waals surface area (Å²) in [7, 11) is 0. The lowest BCUT2D eigenvalue weighted by Gasteiger charge is -2.33. The molecule has 3 atom stereocenters.